The van der Waals surface area contributed by atoms with Crippen LogP contribution in [0.3, 0.4) is 0 Å². The van der Waals surface area contributed by atoms with Gasteiger partial charge >= 0.3 is 0 Å². The van der Waals surface area contributed by atoms with E-state index in [0.717, 1.165) is 25.1 Å². The number of benzene rings is 1. The number of anilines is 1. The topological polar surface area (TPSA) is 49.6 Å². The molecule has 1 saturated carbocycles. The molecule has 1 aliphatic carbocycles. The van der Waals surface area contributed by atoms with Gasteiger partial charge < -0.3 is 10.6 Å². The van der Waals surface area contributed by atoms with Crippen molar-refractivity contribution in [2.24, 2.45) is 0 Å². The Morgan fingerprint density at radius 1 is 0.893 bits per heavy atom. The van der Waals surface area contributed by atoms with Crippen LogP contribution in [-0.4, -0.2) is 47.9 Å². The Kier molecular flexibility index (Phi) is 8.20. The van der Waals surface area contributed by atoms with Crippen molar-refractivity contribution in [3.8, 4) is 0 Å². The summed E-state index contributed by atoms with van der Waals surface area (Å²) in [6.07, 6.45) is 16.4. The molecule has 3 rings (SSSR count). The van der Waals surface area contributed by atoms with Gasteiger partial charge in [-0.05, 0) is 43.5 Å². The predicted octanol–water partition coefficient (Wildman–Crippen LogP) is 5.09. The Morgan fingerprint density at radius 3 is 2.00 bits per heavy atom. The lowest BCUT2D eigenvalue weighted by atomic mass is 9.97. The number of likely N-dealkylation sites (tertiary alicyclic amines) is 1. The summed E-state index contributed by atoms with van der Waals surface area (Å²) in [7, 11) is 1.97. The third kappa shape index (κ3) is 5.97. The molecule has 0 spiro atoms. The Balaban J connectivity index is 1.54. The smallest absolute Gasteiger partial charge is 0.253 e. The fourth-order valence-corrected chi connectivity index (χ4v) is 4.92. The summed E-state index contributed by atoms with van der Waals surface area (Å²) in [5.74, 6) is 0.116. The van der Waals surface area contributed by atoms with Crippen molar-refractivity contribution < 1.29 is 4.79 Å². The second-order valence-electron chi connectivity index (χ2n) is 8.89. The first kappa shape index (κ1) is 21.2. The van der Waals surface area contributed by atoms with Crippen LogP contribution in [-0.2, 0) is 0 Å². The van der Waals surface area contributed by atoms with Gasteiger partial charge in [0.15, 0.2) is 0 Å². The minimum absolute atomic E-state index is 0.116. The van der Waals surface area contributed by atoms with Gasteiger partial charge in [0.25, 0.3) is 5.91 Å². The Hall–Kier alpha value is -1.55. The maximum Gasteiger partial charge on any atom is 0.253 e. The molecule has 1 unspecified atom stereocenters. The SMILES string of the molecule is CN(C(=O)c1ccc(N)cc1)C1CCN(C2CCCCCCCCCCC2)C1. The van der Waals surface area contributed by atoms with Gasteiger partial charge in [0, 0.05) is 43.5 Å². The van der Waals surface area contributed by atoms with E-state index in [2.05, 4.69) is 4.90 Å². The van der Waals surface area contributed by atoms with Crippen molar-refractivity contribution in [3.63, 3.8) is 0 Å². The number of nitrogens with zero attached hydrogens (tertiary/aromatic N) is 2. The number of rotatable bonds is 3. The van der Waals surface area contributed by atoms with Gasteiger partial charge in [-0.25, -0.2) is 0 Å². The first-order valence-electron chi connectivity index (χ1n) is 11.5. The standard InChI is InChI=1S/C24H39N3O/c1-26(24(28)20-13-15-21(25)16-14-20)23-17-18-27(19-23)22-11-9-7-5-3-2-4-6-8-10-12-22/h13-16,22-23H,2-12,17-19,25H2,1H3. The van der Waals surface area contributed by atoms with Crippen LogP contribution >= 0.6 is 0 Å². The van der Waals surface area contributed by atoms with E-state index >= 15 is 0 Å². The minimum Gasteiger partial charge on any atom is -0.399 e. The molecule has 28 heavy (non-hydrogen) atoms. The highest BCUT2D eigenvalue weighted by Gasteiger charge is 2.32. The van der Waals surface area contributed by atoms with Gasteiger partial charge in [0.1, 0.15) is 0 Å². The number of nitrogen functional groups attached to an aromatic ring is 1. The van der Waals surface area contributed by atoms with Crippen LogP contribution in [0.5, 0.6) is 0 Å². The molecule has 4 heteroatoms. The number of carbonyl (C=O) groups excluding carboxylic acids is 1. The predicted molar refractivity (Wildman–Crippen MR) is 118 cm³/mol. The summed E-state index contributed by atoms with van der Waals surface area (Å²) in [5, 5.41) is 0. The minimum atomic E-state index is 0.116. The van der Waals surface area contributed by atoms with Gasteiger partial charge in [-0.2, -0.15) is 0 Å². The summed E-state index contributed by atoms with van der Waals surface area (Å²) in [6, 6.07) is 8.34. The number of likely N-dealkylation sites (N-methyl/N-ethyl adjacent to an activating group) is 1. The molecule has 1 aromatic carbocycles. The zero-order valence-corrected chi connectivity index (χ0v) is 17.7. The molecule has 2 N–H and O–H groups in total. The second-order valence-corrected chi connectivity index (χ2v) is 8.89. The molecule has 1 aromatic rings. The zero-order valence-electron chi connectivity index (χ0n) is 17.7. The Labute approximate surface area is 171 Å². The van der Waals surface area contributed by atoms with Crippen LogP contribution in [0.25, 0.3) is 0 Å². The number of carbonyl (C=O) groups is 1. The monoisotopic (exact) mass is 385 g/mol. The van der Waals surface area contributed by atoms with Crippen LogP contribution in [0.2, 0.25) is 0 Å². The average molecular weight is 386 g/mol. The van der Waals surface area contributed by atoms with Crippen LogP contribution in [0.1, 0.15) is 87.4 Å². The Bertz CT molecular complexity index is 588. The molecule has 2 fully saturated rings. The van der Waals surface area contributed by atoms with E-state index in [1.54, 1.807) is 0 Å². The normalized spacial score (nSPS) is 23.7. The first-order valence-corrected chi connectivity index (χ1v) is 11.5. The maximum absolute atomic E-state index is 12.8. The number of amides is 1. The van der Waals surface area contributed by atoms with E-state index in [-0.39, 0.29) is 5.91 Å². The van der Waals surface area contributed by atoms with Crippen molar-refractivity contribution in [1.29, 1.82) is 0 Å². The van der Waals surface area contributed by atoms with Gasteiger partial charge in [0.2, 0.25) is 0 Å². The van der Waals surface area contributed by atoms with E-state index < -0.39 is 0 Å². The summed E-state index contributed by atoms with van der Waals surface area (Å²) in [6.45, 7) is 2.16. The van der Waals surface area contributed by atoms with E-state index in [9.17, 15) is 4.79 Å². The molecule has 156 valence electrons. The van der Waals surface area contributed by atoms with Crippen molar-refractivity contribution in [2.45, 2.75) is 89.1 Å². The third-order valence-electron chi connectivity index (χ3n) is 6.81. The molecule has 0 radical (unpaired) electrons. The zero-order chi connectivity index (χ0) is 19.8. The third-order valence-corrected chi connectivity index (χ3v) is 6.81. The van der Waals surface area contributed by atoms with Crippen LogP contribution in [0, 0.1) is 0 Å². The fourth-order valence-electron chi connectivity index (χ4n) is 4.92. The lowest BCUT2D eigenvalue weighted by Crippen LogP contribution is -2.41. The highest BCUT2D eigenvalue weighted by Crippen LogP contribution is 2.25. The molecule has 1 atom stereocenters. The first-order chi connectivity index (χ1) is 13.6. The second kappa shape index (κ2) is 10.8. The highest BCUT2D eigenvalue weighted by atomic mass is 16.2. The molecule has 4 nitrogen and oxygen atoms in total. The van der Waals surface area contributed by atoms with Gasteiger partial charge in [-0.3, -0.25) is 9.69 Å². The van der Waals surface area contributed by atoms with Crippen LogP contribution in [0.15, 0.2) is 24.3 Å². The number of nitrogens with two attached hydrogens (primary N) is 1. The van der Waals surface area contributed by atoms with Crippen molar-refractivity contribution in [1.82, 2.24) is 9.80 Å². The van der Waals surface area contributed by atoms with Crippen LogP contribution in [0.4, 0.5) is 5.69 Å². The van der Waals surface area contributed by atoms with Gasteiger partial charge in [-0.1, -0.05) is 57.8 Å². The van der Waals surface area contributed by atoms with Gasteiger partial charge in [-0.15, -0.1) is 0 Å². The molecule has 1 amide bonds. The average Bonchev–Trinajstić information content (AvgIpc) is 3.18. The molecule has 1 saturated heterocycles. The summed E-state index contributed by atoms with van der Waals surface area (Å²) in [4.78, 5) is 17.5. The highest BCUT2D eigenvalue weighted by molar-refractivity contribution is 5.94. The largest absolute Gasteiger partial charge is 0.399 e. The van der Waals surface area contributed by atoms with E-state index in [0.29, 0.717) is 17.8 Å². The molecule has 0 bridgehead atoms. The summed E-state index contributed by atoms with van der Waals surface area (Å²) >= 11 is 0. The molecule has 0 aromatic heterocycles. The summed E-state index contributed by atoms with van der Waals surface area (Å²) < 4.78 is 0. The lowest BCUT2D eigenvalue weighted by Gasteiger charge is -2.30. The van der Waals surface area contributed by atoms with Crippen molar-refractivity contribution in [2.75, 3.05) is 25.9 Å². The van der Waals surface area contributed by atoms with Gasteiger partial charge in [0.05, 0.1) is 0 Å². The molecular weight excluding hydrogens is 346 g/mol. The maximum atomic E-state index is 12.8. The van der Waals surface area contributed by atoms with Crippen LogP contribution < -0.4 is 5.73 Å². The molecule has 2 aliphatic rings. The number of hydrogen-bond acceptors (Lipinski definition) is 3. The molecular formula is C24H39N3O. The van der Waals surface area contributed by atoms with Crippen molar-refractivity contribution in [3.05, 3.63) is 29.8 Å². The molecule has 1 aliphatic heterocycles. The summed E-state index contributed by atoms with van der Waals surface area (Å²) in [5.41, 5.74) is 7.20. The van der Waals surface area contributed by atoms with E-state index in [1.807, 2.05) is 36.2 Å². The lowest BCUT2D eigenvalue weighted by molar-refractivity contribution is 0.0728. The molecule has 1 heterocycles. The van der Waals surface area contributed by atoms with Crippen molar-refractivity contribution >= 4 is 11.6 Å². The van der Waals surface area contributed by atoms with E-state index in [4.69, 9.17) is 5.73 Å². The number of hydrogen-bond donors (Lipinski definition) is 1. The fraction of sp³-hybridized carbons (Fsp3) is 0.708. The Morgan fingerprint density at radius 2 is 1.43 bits per heavy atom. The quantitative estimate of drug-likeness (QED) is 0.738. The van der Waals surface area contributed by atoms with E-state index in [1.165, 1.54) is 70.6 Å².